The molecule has 0 saturated carbocycles. The molecule has 130 valence electrons. The van der Waals surface area contributed by atoms with Gasteiger partial charge < -0.3 is 15.5 Å². The molecule has 5 nitrogen and oxygen atoms in total. The summed E-state index contributed by atoms with van der Waals surface area (Å²) in [6.07, 6.45) is 4.32. The van der Waals surface area contributed by atoms with Gasteiger partial charge in [0.25, 0.3) is 0 Å². The highest BCUT2D eigenvalue weighted by molar-refractivity contribution is 5.79. The SMILES string of the molecule is CCC(CC)CNC(=NC)NCc1ccc(N(CC)CC)nc1. The third-order valence-electron chi connectivity index (χ3n) is 4.29. The minimum Gasteiger partial charge on any atom is -0.357 e. The highest BCUT2D eigenvalue weighted by atomic mass is 15.2. The van der Waals surface area contributed by atoms with Crippen LogP contribution in [-0.4, -0.2) is 37.6 Å². The molecule has 2 N–H and O–H groups in total. The summed E-state index contributed by atoms with van der Waals surface area (Å²) in [7, 11) is 1.81. The Bertz CT molecular complexity index is 447. The van der Waals surface area contributed by atoms with Gasteiger partial charge in [-0.3, -0.25) is 4.99 Å². The van der Waals surface area contributed by atoms with E-state index in [1.165, 1.54) is 12.8 Å². The van der Waals surface area contributed by atoms with E-state index in [9.17, 15) is 0 Å². The molecule has 1 aromatic heterocycles. The van der Waals surface area contributed by atoms with Crippen LogP contribution in [0.1, 0.15) is 46.1 Å². The number of pyridine rings is 1. The van der Waals surface area contributed by atoms with E-state index in [1.54, 1.807) is 0 Å². The molecule has 0 aliphatic carbocycles. The summed E-state index contributed by atoms with van der Waals surface area (Å²) in [5.41, 5.74) is 1.16. The molecule has 23 heavy (non-hydrogen) atoms. The van der Waals surface area contributed by atoms with Crippen molar-refractivity contribution in [3.8, 4) is 0 Å². The lowest BCUT2D eigenvalue weighted by Gasteiger charge is -2.20. The lowest BCUT2D eigenvalue weighted by Crippen LogP contribution is -2.39. The summed E-state index contributed by atoms with van der Waals surface area (Å²) >= 11 is 0. The van der Waals surface area contributed by atoms with E-state index >= 15 is 0 Å². The van der Waals surface area contributed by atoms with Crippen LogP contribution in [0.25, 0.3) is 0 Å². The maximum atomic E-state index is 4.55. The molecule has 0 spiro atoms. The Morgan fingerprint density at radius 2 is 1.83 bits per heavy atom. The monoisotopic (exact) mass is 319 g/mol. The molecule has 0 aliphatic rings. The van der Waals surface area contributed by atoms with Gasteiger partial charge in [-0.15, -0.1) is 0 Å². The number of rotatable bonds is 9. The van der Waals surface area contributed by atoms with Gasteiger partial charge in [0.15, 0.2) is 5.96 Å². The average molecular weight is 319 g/mol. The molecule has 0 bridgehead atoms. The van der Waals surface area contributed by atoms with Crippen LogP contribution < -0.4 is 15.5 Å². The first kappa shape index (κ1) is 19.3. The van der Waals surface area contributed by atoms with Crippen molar-refractivity contribution in [3.63, 3.8) is 0 Å². The first-order valence-electron chi connectivity index (χ1n) is 8.82. The number of nitrogens with one attached hydrogen (secondary N) is 2. The van der Waals surface area contributed by atoms with Gasteiger partial charge >= 0.3 is 0 Å². The standard InChI is InChI=1S/C18H33N5/c1-6-15(7-2)12-21-18(19-5)22-14-16-10-11-17(20-13-16)23(8-3)9-4/h10-11,13,15H,6-9,12,14H2,1-5H3,(H2,19,21,22). The van der Waals surface area contributed by atoms with Crippen molar-refractivity contribution >= 4 is 11.8 Å². The van der Waals surface area contributed by atoms with Gasteiger partial charge in [0.2, 0.25) is 0 Å². The summed E-state index contributed by atoms with van der Waals surface area (Å²) in [5, 5.41) is 6.75. The van der Waals surface area contributed by atoms with E-state index in [-0.39, 0.29) is 0 Å². The minimum atomic E-state index is 0.698. The number of anilines is 1. The van der Waals surface area contributed by atoms with Crippen molar-refractivity contribution in [2.24, 2.45) is 10.9 Å². The van der Waals surface area contributed by atoms with E-state index in [1.807, 2.05) is 13.2 Å². The van der Waals surface area contributed by atoms with Gasteiger partial charge in [-0.1, -0.05) is 32.8 Å². The van der Waals surface area contributed by atoms with Crippen molar-refractivity contribution in [1.29, 1.82) is 0 Å². The third-order valence-corrected chi connectivity index (χ3v) is 4.29. The Kier molecular flexibility index (Phi) is 9.10. The average Bonchev–Trinajstić information content (AvgIpc) is 2.60. The number of hydrogen-bond acceptors (Lipinski definition) is 3. The van der Waals surface area contributed by atoms with Crippen molar-refractivity contribution in [3.05, 3.63) is 23.9 Å². The molecule has 5 heteroatoms. The van der Waals surface area contributed by atoms with Gasteiger partial charge in [0.1, 0.15) is 5.82 Å². The molecule has 0 unspecified atom stereocenters. The lowest BCUT2D eigenvalue weighted by atomic mass is 10.0. The summed E-state index contributed by atoms with van der Waals surface area (Å²) in [6, 6.07) is 4.21. The first-order valence-corrected chi connectivity index (χ1v) is 8.82. The van der Waals surface area contributed by atoms with E-state index in [0.717, 1.165) is 43.5 Å². The molecule has 1 aromatic rings. The van der Waals surface area contributed by atoms with Crippen LogP contribution in [0.3, 0.4) is 0 Å². The lowest BCUT2D eigenvalue weighted by molar-refractivity contribution is 0.481. The molecule has 0 aliphatic heterocycles. The maximum absolute atomic E-state index is 4.55. The number of nitrogens with zero attached hydrogens (tertiary/aromatic N) is 3. The largest absolute Gasteiger partial charge is 0.357 e. The van der Waals surface area contributed by atoms with E-state index in [4.69, 9.17) is 0 Å². The van der Waals surface area contributed by atoms with Crippen molar-refractivity contribution < 1.29 is 0 Å². The van der Waals surface area contributed by atoms with Gasteiger partial charge in [-0.05, 0) is 31.4 Å². The number of guanidine groups is 1. The van der Waals surface area contributed by atoms with Crippen molar-refractivity contribution in [1.82, 2.24) is 15.6 Å². The second-order valence-electron chi connectivity index (χ2n) is 5.69. The zero-order chi connectivity index (χ0) is 17.1. The van der Waals surface area contributed by atoms with E-state index < -0.39 is 0 Å². The summed E-state index contributed by atoms with van der Waals surface area (Å²) in [4.78, 5) is 11.1. The molecule has 0 aromatic carbocycles. The number of hydrogen-bond donors (Lipinski definition) is 2. The van der Waals surface area contributed by atoms with Gasteiger partial charge in [-0.25, -0.2) is 4.98 Å². The highest BCUT2D eigenvalue weighted by Gasteiger charge is 2.06. The zero-order valence-corrected chi connectivity index (χ0v) is 15.4. The molecule has 1 heterocycles. The molecular formula is C18H33N5. The fourth-order valence-corrected chi connectivity index (χ4v) is 2.48. The second-order valence-corrected chi connectivity index (χ2v) is 5.69. The molecule has 0 radical (unpaired) electrons. The number of aliphatic imine (C=N–C) groups is 1. The Balaban J connectivity index is 2.49. The van der Waals surface area contributed by atoms with Crippen LogP contribution >= 0.6 is 0 Å². The van der Waals surface area contributed by atoms with Crippen LogP contribution in [0, 0.1) is 5.92 Å². The minimum absolute atomic E-state index is 0.698. The van der Waals surface area contributed by atoms with Crippen LogP contribution in [0.5, 0.6) is 0 Å². The summed E-state index contributed by atoms with van der Waals surface area (Å²) < 4.78 is 0. The molecule has 0 saturated heterocycles. The van der Waals surface area contributed by atoms with E-state index in [0.29, 0.717) is 5.92 Å². The van der Waals surface area contributed by atoms with Crippen molar-refractivity contribution in [2.75, 3.05) is 31.6 Å². The highest BCUT2D eigenvalue weighted by Crippen LogP contribution is 2.10. The third kappa shape index (κ3) is 6.47. The van der Waals surface area contributed by atoms with Crippen LogP contribution in [-0.2, 0) is 6.54 Å². The quantitative estimate of drug-likeness (QED) is 0.543. The fourth-order valence-electron chi connectivity index (χ4n) is 2.48. The maximum Gasteiger partial charge on any atom is 0.191 e. The van der Waals surface area contributed by atoms with E-state index in [2.05, 4.69) is 65.3 Å². The Morgan fingerprint density at radius 1 is 1.13 bits per heavy atom. The fraction of sp³-hybridized carbons (Fsp3) is 0.667. The van der Waals surface area contributed by atoms with Crippen molar-refractivity contribution in [2.45, 2.75) is 47.1 Å². The molecular weight excluding hydrogens is 286 g/mol. The van der Waals surface area contributed by atoms with Gasteiger partial charge in [-0.2, -0.15) is 0 Å². The number of aromatic nitrogens is 1. The smallest absolute Gasteiger partial charge is 0.191 e. The predicted molar refractivity (Wildman–Crippen MR) is 100 cm³/mol. The summed E-state index contributed by atoms with van der Waals surface area (Å²) in [5.74, 6) is 2.59. The summed E-state index contributed by atoms with van der Waals surface area (Å²) in [6.45, 7) is 12.4. The normalized spacial score (nSPS) is 11.7. The molecule has 0 amide bonds. The second kappa shape index (κ2) is 10.9. The first-order chi connectivity index (χ1) is 11.2. The molecule has 0 atom stereocenters. The van der Waals surface area contributed by atoms with Gasteiger partial charge in [0.05, 0.1) is 0 Å². The Labute approximate surface area is 141 Å². The van der Waals surface area contributed by atoms with Crippen LogP contribution in [0.15, 0.2) is 23.3 Å². The predicted octanol–water partition coefficient (Wildman–Crippen LogP) is 3.03. The Hall–Kier alpha value is -1.78. The Morgan fingerprint density at radius 3 is 2.30 bits per heavy atom. The molecule has 0 fully saturated rings. The van der Waals surface area contributed by atoms with Gasteiger partial charge in [0, 0.05) is 39.4 Å². The van der Waals surface area contributed by atoms with Crippen LogP contribution in [0.4, 0.5) is 5.82 Å². The topological polar surface area (TPSA) is 52.6 Å². The molecule has 1 rings (SSSR count). The zero-order valence-electron chi connectivity index (χ0n) is 15.4. The van der Waals surface area contributed by atoms with Crippen LogP contribution in [0.2, 0.25) is 0 Å².